The summed E-state index contributed by atoms with van der Waals surface area (Å²) in [7, 11) is 3.27. The molecule has 1 aromatic heterocycles. The van der Waals surface area contributed by atoms with E-state index in [9.17, 15) is 0 Å². The quantitative estimate of drug-likeness (QED) is 0.230. The van der Waals surface area contributed by atoms with Crippen LogP contribution in [0.2, 0.25) is 0 Å². The molecule has 0 radical (unpaired) electrons. The van der Waals surface area contributed by atoms with Crippen LogP contribution < -0.4 is 20.1 Å². The first kappa shape index (κ1) is 23.1. The average molecular weight is 487 g/mol. The van der Waals surface area contributed by atoms with E-state index in [-0.39, 0.29) is 24.0 Å². The van der Waals surface area contributed by atoms with Gasteiger partial charge in [-0.1, -0.05) is 19.4 Å². The van der Waals surface area contributed by atoms with Crippen LogP contribution in [0.1, 0.15) is 31.1 Å². The van der Waals surface area contributed by atoms with Crippen molar-refractivity contribution in [2.45, 2.75) is 32.7 Å². The first-order valence-electron chi connectivity index (χ1n) is 9.02. The molecular formula is C20H30IN3O3. The van der Waals surface area contributed by atoms with Crippen molar-refractivity contribution in [1.29, 1.82) is 0 Å². The van der Waals surface area contributed by atoms with E-state index in [0.717, 1.165) is 55.4 Å². The molecule has 0 aliphatic heterocycles. The van der Waals surface area contributed by atoms with Crippen molar-refractivity contribution in [1.82, 2.24) is 10.6 Å². The van der Waals surface area contributed by atoms with Crippen molar-refractivity contribution in [2.75, 3.05) is 27.3 Å². The number of guanidine groups is 1. The van der Waals surface area contributed by atoms with E-state index < -0.39 is 0 Å². The molecule has 2 N–H and O–H groups in total. The minimum atomic E-state index is 0. The van der Waals surface area contributed by atoms with Gasteiger partial charge in [-0.25, -0.2) is 4.99 Å². The van der Waals surface area contributed by atoms with Crippen molar-refractivity contribution in [3.05, 3.63) is 47.9 Å². The van der Waals surface area contributed by atoms with Gasteiger partial charge in [0, 0.05) is 19.5 Å². The highest BCUT2D eigenvalue weighted by Gasteiger charge is 2.05. The smallest absolute Gasteiger partial charge is 0.191 e. The van der Waals surface area contributed by atoms with Crippen LogP contribution in [-0.4, -0.2) is 33.3 Å². The normalized spacial score (nSPS) is 10.9. The summed E-state index contributed by atoms with van der Waals surface area (Å²) in [5.41, 5.74) is 1.06. The van der Waals surface area contributed by atoms with Gasteiger partial charge in [0.1, 0.15) is 5.76 Å². The topological polar surface area (TPSA) is 68.0 Å². The molecule has 2 rings (SSSR count). The highest BCUT2D eigenvalue weighted by atomic mass is 127. The highest BCUT2D eigenvalue weighted by molar-refractivity contribution is 14.0. The Hall–Kier alpha value is -1.90. The lowest BCUT2D eigenvalue weighted by molar-refractivity contribution is 0.354. The fourth-order valence-electron chi connectivity index (χ4n) is 2.47. The zero-order valence-electron chi connectivity index (χ0n) is 16.3. The van der Waals surface area contributed by atoms with Crippen LogP contribution in [0, 0.1) is 0 Å². The van der Waals surface area contributed by atoms with Crippen LogP contribution in [0.15, 0.2) is 46.0 Å². The lowest BCUT2D eigenvalue weighted by atomic mass is 10.2. The summed E-state index contributed by atoms with van der Waals surface area (Å²) in [6.45, 7) is 4.39. The Morgan fingerprint density at radius 2 is 1.85 bits per heavy atom. The number of benzene rings is 1. The molecule has 0 atom stereocenters. The number of methoxy groups -OCH3 is 2. The van der Waals surface area contributed by atoms with Gasteiger partial charge in [-0.15, -0.1) is 24.0 Å². The number of unbranched alkanes of at least 4 members (excludes halogenated alkanes) is 1. The van der Waals surface area contributed by atoms with Gasteiger partial charge in [0.15, 0.2) is 17.5 Å². The highest BCUT2D eigenvalue weighted by Crippen LogP contribution is 2.27. The van der Waals surface area contributed by atoms with Crippen LogP contribution in [0.3, 0.4) is 0 Å². The van der Waals surface area contributed by atoms with Crippen molar-refractivity contribution < 1.29 is 13.9 Å². The summed E-state index contributed by atoms with van der Waals surface area (Å²) in [5, 5.41) is 6.74. The monoisotopic (exact) mass is 487 g/mol. The Morgan fingerprint density at radius 3 is 2.52 bits per heavy atom. The number of hydrogen-bond donors (Lipinski definition) is 2. The standard InChI is InChI=1S/C20H29N3O3.HI/c1-4-5-11-21-20(22-12-10-17-7-6-13-26-17)23-15-16-8-9-18(24-2)19(14-16)25-3;/h6-9,13-14H,4-5,10-12,15H2,1-3H3,(H2,21,22,23);1H. The number of halogens is 1. The molecule has 6 nitrogen and oxygen atoms in total. The maximum Gasteiger partial charge on any atom is 0.191 e. The van der Waals surface area contributed by atoms with Crippen LogP contribution in [0.25, 0.3) is 0 Å². The van der Waals surface area contributed by atoms with E-state index >= 15 is 0 Å². The van der Waals surface area contributed by atoms with Gasteiger partial charge in [-0.05, 0) is 36.2 Å². The Morgan fingerprint density at radius 1 is 1.07 bits per heavy atom. The van der Waals surface area contributed by atoms with Gasteiger partial charge < -0.3 is 24.5 Å². The Labute approximate surface area is 178 Å². The fourth-order valence-corrected chi connectivity index (χ4v) is 2.47. The second-order valence-corrected chi connectivity index (χ2v) is 5.89. The number of furan rings is 1. The third-order valence-corrected chi connectivity index (χ3v) is 3.93. The predicted molar refractivity (Wildman–Crippen MR) is 119 cm³/mol. The summed E-state index contributed by atoms with van der Waals surface area (Å²) in [5.74, 6) is 3.20. The maximum absolute atomic E-state index is 5.36. The molecule has 150 valence electrons. The Kier molecular flexibility index (Phi) is 11.4. The minimum absolute atomic E-state index is 0. The molecule has 2 aromatic rings. The molecule has 0 aliphatic rings. The number of nitrogens with zero attached hydrogens (tertiary/aromatic N) is 1. The van der Waals surface area contributed by atoms with Gasteiger partial charge in [0.25, 0.3) is 0 Å². The molecule has 0 saturated carbocycles. The zero-order valence-corrected chi connectivity index (χ0v) is 18.6. The molecule has 0 amide bonds. The number of rotatable bonds is 10. The van der Waals surface area contributed by atoms with Gasteiger partial charge in [-0.3, -0.25) is 0 Å². The fraction of sp³-hybridized carbons (Fsp3) is 0.450. The Balaban J connectivity index is 0.00000364. The first-order chi connectivity index (χ1) is 12.8. The molecule has 0 saturated heterocycles. The third-order valence-electron chi connectivity index (χ3n) is 3.93. The van der Waals surface area contributed by atoms with Crippen molar-refractivity contribution in [3.8, 4) is 11.5 Å². The maximum atomic E-state index is 5.36. The number of ether oxygens (including phenoxy) is 2. The van der Waals surface area contributed by atoms with Crippen LogP contribution in [-0.2, 0) is 13.0 Å². The molecule has 0 bridgehead atoms. The lowest BCUT2D eigenvalue weighted by Crippen LogP contribution is -2.38. The SMILES string of the molecule is CCCCNC(=NCc1ccc(OC)c(OC)c1)NCCc1ccco1.I. The van der Waals surface area contributed by atoms with E-state index in [0.29, 0.717) is 12.3 Å². The summed E-state index contributed by atoms with van der Waals surface area (Å²) in [6, 6.07) is 9.73. The van der Waals surface area contributed by atoms with Crippen molar-refractivity contribution in [3.63, 3.8) is 0 Å². The predicted octanol–water partition coefficient (Wildman–Crippen LogP) is 3.99. The van der Waals surface area contributed by atoms with Crippen LogP contribution in [0.5, 0.6) is 11.5 Å². The van der Waals surface area contributed by atoms with E-state index in [2.05, 4.69) is 22.5 Å². The zero-order chi connectivity index (χ0) is 18.6. The summed E-state index contributed by atoms with van der Waals surface area (Å²) < 4.78 is 16.0. The summed E-state index contributed by atoms with van der Waals surface area (Å²) >= 11 is 0. The van der Waals surface area contributed by atoms with E-state index in [1.54, 1.807) is 20.5 Å². The molecule has 7 heteroatoms. The molecule has 0 fully saturated rings. The van der Waals surface area contributed by atoms with E-state index in [1.165, 1.54) is 0 Å². The molecule has 0 aliphatic carbocycles. The number of hydrogen-bond acceptors (Lipinski definition) is 4. The lowest BCUT2D eigenvalue weighted by Gasteiger charge is -2.13. The van der Waals surface area contributed by atoms with Gasteiger partial charge in [-0.2, -0.15) is 0 Å². The van der Waals surface area contributed by atoms with E-state index in [4.69, 9.17) is 13.9 Å². The second-order valence-electron chi connectivity index (χ2n) is 5.89. The average Bonchev–Trinajstić information content (AvgIpc) is 3.19. The van der Waals surface area contributed by atoms with Crippen molar-refractivity contribution in [2.24, 2.45) is 4.99 Å². The van der Waals surface area contributed by atoms with Gasteiger partial charge in [0.2, 0.25) is 0 Å². The molecule has 1 aromatic carbocycles. The van der Waals surface area contributed by atoms with Gasteiger partial charge >= 0.3 is 0 Å². The van der Waals surface area contributed by atoms with Crippen LogP contribution >= 0.6 is 24.0 Å². The number of nitrogens with one attached hydrogen (secondary N) is 2. The minimum Gasteiger partial charge on any atom is -0.493 e. The largest absolute Gasteiger partial charge is 0.493 e. The molecule has 27 heavy (non-hydrogen) atoms. The first-order valence-corrected chi connectivity index (χ1v) is 9.02. The third kappa shape index (κ3) is 8.11. The van der Waals surface area contributed by atoms with E-state index in [1.807, 2.05) is 30.3 Å². The summed E-state index contributed by atoms with van der Waals surface area (Å²) in [6.07, 6.45) is 4.76. The van der Waals surface area contributed by atoms with Crippen LogP contribution in [0.4, 0.5) is 0 Å². The summed E-state index contributed by atoms with van der Waals surface area (Å²) in [4.78, 5) is 4.68. The second kappa shape index (κ2) is 13.3. The molecule has 1 heterocycles. The van der Waals surface area contributed by atoms with Gasteiger partial charge in [0.05, 0.1) is 27.0 Å². The Bertz CT molecular complexity index is 675. The molecule has 0 unspecified atom stereocenters. The molecular weight excluding hydrogens is 457 g/mol. The van der Waals surface area contributed by atoms with Crippen molar-refractivity contribution >= 4 is 29.9 Å². The molecule has 0 spiro atoms. The number of aliphatic imine (C=N–C) groups is 1.